The summed E-state index contributed by atoms with van der Waals surface area (Å²) in [5, 5.41) is 3.16. The van der Waals surface area contributed by atoms with E-state index in [4.69, 9.17) is 0 Å². The Balaban J connectivity index is 2.86. The highest BCUT2D eigenvalue weighted by Gasteiger charge is 2.37. The van der Waals surface area contributed by atoms with Crippen molar-refractivity contribution >= 4 is 0 Å². The normalized spacial score (nSPS) is 18.0. The number of rotatable bonds is 0. The van der Waals surface area contributed by atoms with Gasteiger partial charge < -0.3 is 0 Å². The van der Waals surface area contributed by atoms with Crippen molar-refractivity contribution in [2.24, 2.45) is 0 Å². The molecule has 0 amide bonds. The van der Waals surface area contributed by atoms with Crippen molar-refractivity contribution in [1.29, 1.82) is 0 Å². The van der Waals surface area contributed by atoms with Crippen molar-refractivity contribution in [3.8, 4) is 0 Å². The number of nitrogens with zero attached hydrogens (tertiary/aromatic N) is 1. The molecule has 0 spiro atoms. The van der Waals surface area contributed by atoms with Crippen LogP contribution in [0.2, 0.25) is 0 Å². The summed E-state index contributed by atoms with van der Waals surface area (Å²) in [6.45, 7) is 1.38. The minimum absolute atomic E-state index is 0.174. The molecule has 0 aromatic carbocycles. The van der Waals surface area contributed by atoms with Crippen LogP contribution in [0.15, 0.2) is 23.5 Å². The average Bonchev–Trinajstić information content (AvgIpc) is 2.11. The van der Waals surface area contributed by atoms with E-state index in [1.807, 2.05) is 0 Å². The first kappa shape index (κ1) is 7.18. The second-order valence-electron chi connectivity index (χ2n) is 1.97. The molecule has 1 rings (SSSR count). The molecule has 1 radical (unpaired) electrons. The van der Waals surface area contributed by atoms with Gasteiger partial charge in [-0.05, 0) is 18.6 Å². The summed E-state index contributed by atoms with van der Waals surface area (Å²) in [4.78, 5) is 0. The van der Waals surface area contributed by atoms with Crippen LogP contribution in [0, 0.1) is 0 Å². The van der Waals surface area contributed by atoms with Crippen LogP contribution in [0.4, 0.5) is 13.2 Å². The fourth-order valence-electron chi connectivity index (χ4n) is 0.701. The quantitative estimate of drug-likeness (QED) is 0.498. The lowest BCUT2D eigenvalue weighted by Gasteiger charge is -2.06. The summed E-state index contributed by atoms with van der Waals surface area (Å²) in [5.74, 6) is 0. The van der Waals surface area contributed by atoms with Gasteiger partial charge in [0.2, 0.25) is 0 Å². The Kier molecular flexibility index (Phi) is 1.46. The van der Waals surface area contributed by atoms with E-state index in [1.165, 1.54) is 13.0 Å². The maximum Gasteiger partial charge on any atom is 0.433 e. The van der Waals surface area contributed by atoms with Crippen molar-refractivity contribution < 1.29 is 13.2 Å². The zero-order valence-corrected chi connectivity index (χ0v) is 5.24. The predicted molar refractivity (Wildman–Crippen MR) is 30.0 cm³/mol. The Hall–Kier alpha value is -0.930. The standard InChI is InChI=1S/C6H5F3N/c1-4-2-3-10-5(4)6(7,8)9/h2-3H,1H3. The smallest absolute Gasteiger partial charge is 0.252 e. The van der Waals surface area contributed by atoms with Crippen LogP contribution in [0.3, 0.4) is 0 Å². The fraction of sp³-hybridized carbons (Fsp3) is 0.333. The van der Waals surface area contributed by atoms with Crippen LogP contribution in [0.5, 0.6) is 0 Å². The molecule has 0 unspecified atom stereocenters. The fourth-order valence-corrected chi connectivity index (χ4v) is 0.701. The van der Waals surface area contributed by atoms with Gasteiger partial charge in [0.05, 0.1) is 0 Å². The van der Waals surface area contributed by atoms with Gasteiger partial charge in [-0.15, -0.1) is 0 Å². The van der Waals surface area contributed by atoms with Crippen molar-refractivity contribution in [2.75, 3.05) is 0 Å². The van der Waals surface area contributed by atoms with Crippen molar-refractivity contribution in [3.05, 3.63) is 23.5 Å². The second kappa shape index (κ2) is 2.04. The molecule has 1 heterocycles. The summed E-state index contributed by atoms with van der Waals surface area (Å²) in [6, 6.07) is 0. The van der Waals surface area contributed by atoms with Crippen LogP contribution >= 0.6 is 0 Å². The van der Waals surface area contributed by atoms with E-state index < -0.39 is 11.9 Å². The molecule has 0 aliphatic carbocycles. The highest BCUT2D eigenvalue weighted by atomic mass is 19.4. The molecule has 4 heteroatoms. The van der Waals surface area contributed by atoms with Gasteiger partial charge in [0, 0.05) is 6.20 Å². The van der Waals surface area contributed by atoms with Gasteiger partial charge in [0.15, 0.2) is 0 Å². The van der Waals surface area contributed by atoms with Gasteiger partial charge in [-0.3, -0.25) is 5.32 Å². The predicted octanol–water partition coefficient (Wildman–Crippen LogP) is 1.95. The van der Waals surface area contributed by atoms with Crippen molar-refractivity contribution in [3.63, 3.8) is 0 Å². The molecular weight excluding hydrogens is 143 g/mol. The maximum absolute atomic E-state index is 11.8. The van der Waals surface area contributed by atoms with Crippen molar-refractivity contribution in [2.45, 2.75) is 13.1 Å². The summed E-state index contributed by atoms with van der Waals surface area (Å²) in [7, 11) is 0. The Labute approximate surface area is 56.2 Å². The first-order chi connectivity index (χ1) is 4.52. The molecule has 0 aromatic rings. The average molecular weight is 148 g/mol. The Morgan fingerprint density at radius 2 is 2.00 bits per heavy atom. The Bertz CT molecular complexity index is 200. The highest BCUT2D eigenvalue weighted by Crippen LogP contribution is 2.29. The lowest BCUT2D eigenvalue weighted by Crippen LogP contribution is -2.16. The zero-order chi connectivity index (χ0) is 7.78. The molecule has 1 nitrogen and oxygen atoms in total. The zero-order valence-electron chi connectivity index (χ0n) is 5.24. The number of hydrogen-bond acceptors (Lipinski definition) is 0. The summed E-state index contributed by atoms with van der Waals surface area (Å²) < 4.78 is 35.5. The van der Waals surface area contributed by atoms with Gasteiger partial charge in [-0.2, -0.15) is 13.2 Å². The largest absolute Gasteiger partial charge is 0.433 e. The third-order valence-electron chi connectivity index (χ3n) is 1.17. The molecule has 0 fully saturated rings. The molecule has 0 aromatic heterocycles. The summed E-state index contributed by atoms with van der Waals surface area (Å²) in [6.07, 6.45) is -1.81. The summed E-state index contributed by atoms with van der Waals surface area (Å²) in [5.41, 5.74) is -0.611. The van der Waals surface area contributed by atoms with E-state index in [2.05, 4.69) is 5.32 Å². The molecule has 0 saturated carbocycles. The molecule has 55 valence electrons. The first-order valence-electron chi connectivity index (χ1n) is 2.67. The summed E-state index contributed by atoms with van der Waals surface area (Å²) >= 11 is 0. The number of halogens is 3. The van der Waals surface area contributed by atoms with E-state index in [0.29, 0.717) is 0 Å². The molecule has 0 N–H and O–H groups in total. The minimum Gasteiger partial charge on any atom is -0.252 e. The second-order valence-corrected chi connectivity index (χ2v) is 1.97. The number of alkyl halides is 3. The van der Waals surface area contributed by atoms with Crippen LogP contribution in [-0.4, -0.2) is 6.18 Å². The van der Waals surface area contributed by atoms with E-state index in [9.17, 15) is 13.2 Å². The number of hydrogen-bond donors (Lipinski definition) is 0. The van der Waals surface area contributed by atoms with Crippen LogP contribution < -0.4 is 5.32 Å². The molecule has 10 heavy (non-hydrogen) atoms. The van der Waals surface area contributed by atoms with Crippen LogP contribution in [0.1, 0.15) is 6.92 Å². The van der Waals surface area contributed by atoms with Gasteiger partial charge in [-0.25, -0.2) is 0 Å². The van der Waals surface area contributed by atoms with Crippen LogP contribution in [0.25, 0.3) is 0 Å². The molecule has 0 bridgehead atoms. The highest BCUT2D eigenvalue weighted by molar-refractivity contribution is 5.32. The lowest BCUT2D eigenvalue weighted by atomic mass is 10.2. The van der Waals surface area contributed by atoms with Gasteiger partial charge in [0.25, 0.3) is 0 Å². The van der Waals surface area contributed by atoms with E-state index in [0.717, 1.165) is 6.20 Å². The molecule has 0 atom stereocenters. The molecular formula is C6H5F3N. The van der Waals surface area contributed by atoms with E-state index in [-0.39, 0.29) is 5.57 Å². The van der Waals surface area contributed by atoms with Gasteiger partial charge in [0.1, 0.15) is 5.70 Å². The SMILES string of the molecule is CC1=C(C(F)(F)F)[N]C=C1. The third-order valence-corrected chi connectivity index (χ3v) is 1.17. The topological polar surface area (TPSA) is 14.1 Å². The molecule has 1 aliphatic rings. The maximum atomic E-state index is 11.8. The lowest BCUT2D eigenvalue weighted by molar-refractivity contribution is -0.0959. The first-order valence-corrected chi connectivity index (χ1v) is 2.67. The van der Waals surface area contributed by atoms with Crippen LogP contribution in [-0.2, 0) is 0 Å². The third kappa shape index (κ3) is 1.15. The minimum atomic E-state index is -4.30. The Morgan fingerprint density at radius 3 is 2.20 bits per heavy atom. The monoisotopic (exact) mass is 148 g/mol. The van der Waals surface area contributed by atoms with Gasteiger partial charge in [-0.1, -0.05) is 0 Å². The molecule has 1 aliphatic heterocycles. The van der Waals surface area contributed by atoms with E-state index in [1.54, 1.807) is 0 Å². The number of allylic oxidation sites excluding steroid dienone is 3. The van der Waals surface area contributed by atoms with Gasteiger partial charge >= 0.3 is 6.18 Å². The van der Waals surface area contributed by atoms with Crippen molar-refractivity contribution in [1.82, 2.24) is 5.32 Å². The molecule has 0 saturated heterocycles. The Morgan fingerprint density at radius 1 is 1.40 bits per heavy atom. The van der Waals surface area contributed by atoms with E-state index >= 15 is 0 Å².